The highest BCUT2D eigenvalue weighted by molar-refractivity contribution is 6.04. The Hall–Kier alpha value is -4.56. The maximum absolute atomic E-state index is 13.4. The van der Waals surface area contributed by atoms with Crippen LogP contribution in [-0.2, 0) is 10.9 Å². The van der Waals surface area contributed by atoms with Gasteiger partial charge in [-0.1, -0.05) is 5.21 Å². The third-order valence-electron chi connectivity index (χ3n) is 7.34. The molecule has 0 bridgehead atoms. The first-order valence-electron chi connectivity index (χ1n) is 14.1. The summed E-state index contributed by atoms with van der Waals surface area (Å²) in [5.74, 6) is -1.10. The van der Waals surface area contributed by atoms with Gasteiger partial charge in [-0.05, 0) is 44.2 Å². The topological polar surface area (TPSA) is 111 Å². The minimum Gasteiger partial charge on any atom is -0.496 e. The molecule has 1 aliphatic rings. The first-order chi connectivity index (χ1) is 21.2. The van der Waals surface area contributed by atoms with E-state index >= 15 is 0 Å². The normalized spacial score (nSPS) is 14.1. The van der Waals surface area contributed by atoms with Gasteiger partial charge in [-0.3, -0.25) is 19.7 Å². The Bertz CT molecular complexity index is 1600. The lowest BCUT2D eigenvalue weighted by molar-refractivity contribution is -0.138. The first-order valence-corrected chi connectivity index (χ1v) is 14.1. The van der Waals surface area contributed by atoms with Crippen LogP contribution in [0.4, 0.5) is 24.5 Å². The summed E-state index contributed by atoms with van der Waals surface area (Å²) in [4.78, 5) is 26.3. The molecule has 1 N–H and O–H groups in total. The fraction of sp³-hybridized carbons (Fsp3) is 0.367. The molecule has 11 nitrogen and oxygen atoms in total. The number of methoxy groups -OCH3 is 1. The lowest BCUT2D eigenvalue weighted by Gasteiger charge is -2.35. The summed E-state index contributed by atoms with van der Waals surface area (Å²) in [7, 11) is 1.14. The van der Waals surface area contributed by atoms with E-state index in [1.807, 2.05) is 19.2 Å². The molecular weight excluding hydrogens is 577 g/mol. The molecule has 4 heterocycles. The summed E-state index contributed by atoms with van der Waals surface area (Å²) >= 11 is 0. The highest BCUT2D eigenvalue weighted by Crippen LogP contribution is 2.37. The van der Waals surface area contributed by atoms with Crippen molar-refractivity contribution in [3.63, 3.8) is 0 Å². The molecule has 0 aliphatic carbocycles. The smallest absolute Gasteiger partial charge is 0.419 e. The van der Waals surface area contributed by atoms with Gasteiger partial charge in [0.2, 0.25) is 0 Å². The summed E-state index contributed by atoms with van der Waals surface area (Å²) in [6.07, 6.45) is 2.04. The number of alkyl halides is 3. The van der Waals surface area contributed by atoms with Crippen molar-refractivity contribution in [2.24, 2.45) is 0 Å². The number of carbonyl (C=O) groups is 1. The number of hydrogen-bond acceptors (Lipinski definition) is 9. The molecule has 0 unspecified atom stereocenters. The van der Waals surface area contributed by atoms with Crippen LogP contribution < -0.4 is 15.0 Å². The second kappa shape index (κ2) is 13.4. The van der Waals surface area contributed by atoms with Gasteiger partial charge < -0.3 is 19.7 Å². The van der Waals surface area contributed by atoms with E-state index in [0.29, 0.717) is 17.1 Å². The van der Waals surface area contributed by atoms with Crippen molar-refractivity contribution in [2.45, 2.75) is 20.0 Å². The van der Waals surface area contributed by atoms with E-state index in [0.717, 1.165) is 76.4 Å². The molecule has 1 fully saturated rings. The number of hydrogen-bond donors (Lipinski definition) is 1. The Morgan fingerprint density at radius 1 is 1.07 bits per heavy atom. The van der Waals surface area contributed by atoms with Crippen LogP contribution >= 0.6 is 0 Å². The Balaban J connectivity index is 1.29. The van der Waals surface area contributed by atoms with Crippen molar-refractivity contribution in [3.8, 4) is 22.7 Å². The second-order valence-corrected chi connectivity index (χ2v) is 10.2. The van der Waals surface area contributed by atoms with Crippen molar-refractivity contribution >= 4 is 17.3 Å². The van der Waals surface area contributed by atoms with Crippen molar-refractivity contribution in [1.82, 2.24) is 29.9 Å². The van der Waals surface area contributed by atoms with E-state index < -0.39 is 17.6 Å². The molecule has 0 spiro atoms. The van der Waals surface area contributed by atoms with Gasteiger partial charge in [0, 0.05) is 56.7 Å². The van der Waals surface area contributed by atoms with Crippen LogP contribution in [0, 0.1) is 6.92 Å². The summed E-state index contributed by atoms with van der Waals surface area (Å²) in [5, 5.41) is 11.2. The highest BCUT2D eigenvalue weighted by atomic mass is 19.4. The fourth-order valence-corrected chi connectivity index (χ4v) is 4.92. The molecule has 1 aliphatic heterocycles. The average Bonchev–Trinajstić information content (AvgIpc) is 3.52. The standard InChI is InChI=1S/C30H33F3N8O3/c1-4-44-12-11-39-7-9-40(10-8-39)24-13-22(16-34-18-24)26-19-41(38-37-26)27-15-23(17-35-20(27)2)36-29(42)21-5-6-28(43-3)25(14-21)30(31,32)33/h5-6,13-19H,4,7-12H2,1-3H3,(H,36,42). The maximum Gasteiger partial charge on any atom is 0.419 e. The first kappa shape index (κ1) is 30.9. The predicted octanol–water partition coefficient (Wildman–Crippen LogP) is 4.47. The number of benzene rings is 1. The van der Waals surface area contributed by atoms with E-state index in [1.165, 1.54) is 16.9 Å². The molecule has 5 rings (SSSR count). The number of rotatable bonds is 10. The summed E-state index contributed by atoms with van der Waals surface area (Å²) < 4.78 is 52.1. The van der Waals surface area contributed by atoms with E-state index in [4.69, 9.17) is 9.47 Å². The number of nitrogens with zero attached hydrogens (tertiary/aromatic N) is 7. The number of piperazine rings is 1. The van der Waals surface area contributed by atoms with E-state index in [-0.39, 0.29) is 17.0 Å². The zero-order valence-corrected chi connectivity index (χ0v) is 24.6. The van der Waals surface area contributed by atoms with Crippen LogP contribution in [0.3, 0.4) is 0 Å². The van der Waals surface area contributed by atoms with Crippen LogP contribution in [0.2, 0.25) is 0 Å². The van der Waals surface area contributed by atoms with Gasteiger partial charge in [-0.2, -0.15) is 13.2 Å². The van der Waals surface area contributed by atoms with Crippen LogP contribution in [0.15, 0.2) is 55.1 Å². The largest absolute Gasteiger partial charge is 0.496 e. The number of aryl methyl sites for hydroxylation is 1. The maximum atomic E-state index is 13.4. The van der Waals surface area contributed by atoms with E-state index in [2.05, 4.69) is 35.4 Å². The molecule has 14 heteroatoms. The van der Waals surface area contributed by atoms with Gasteiger partial charge in [-0.15, -0.1) is 5.10 Å². The number of carbonyl (C=O) groups excluding carboxylic acids is 1. The minimum atomic E-state index is -4.68. The molecule has 44 heavy (non-hydrogen) atoms. The molecule has 0 atom stereocenters. The molecule has 3 aromatic heterocycles. The SMILES string of the molecule is CCOCCN1CCN(c2cncc(-c3cn(-c4cc(NC(=O)c5ccc(OC)c(C(F)(F)F)c5)cnc4C)nn3)c2)CC1. The number of halogens is 3. The number of amides is 1. The van der Waals surface area contributed by atoms with Crippen molar-refractivity contribution < 1.29 is 27.4 Å². The van der Waals surface area contributed by atoms with Crippen molar-refractivity contribution in [1.29, 1.82) is 0 Å². The summed E-state index contributed by atoms with van der Waals surface area (Å²) in [6, 6.07) is 6.79. The van der Waals surface area contributed by atoms with E-state index in [1.54, 1.807) is 25.4 Å². The van der Waals surface area contributed by atoms with Crippen LogP contribution in [0.1, 0.15) is 28.5 Å². The lowest BCUT2D eigenvalue weighted by Crippen LogP contribution is -2.47. The number of anilines is 2. The van der Waals surface area contributed by atoms with Crippen LogP contribution in [0.25, 0.3) is 16.9 Å². The number of pyridine rings is 2. The Labute approximate surface area is 252 Å². The molecule has 0 saturated carbocycles. The molecular formula is C30H33F3N8O3. The zero-order chi connectivity index (χ0) is 31.3. The molecule has 4 aromatic rings. The molecule has 1 amide bonds. The summed E-state index contributed by atoms with van der Waals surface area (Å²) in [5.41, 5.74) is 2.60. The fourth-order valence-electron chi connectivity index (χ4n) is 4.92. The highest BCUT2D eigenvalue weighted by Gasteiger charge is 2.35. The van der Waals surface area contributed by atoms with Gasteiger partial charge in [0.1, 0.15) is 11.4 Å². The molecule has 1 saturated heterocycles. The number of nitrogens with one attached hydrogen (secondary N) is 1. The molecule has 1 aromatic carbocycles. The van der Waals surface area contributed by atoms with Gasteiger partial charge in [0.05, 0.1) is 60.6 Å². The van der Waals surface area contributed by atoms with Crippen molar-refractivity contribution in [2.75, 3.05) is 63.3 Å². The number of ether oxygens (including phenoxy) is 2. The van der Waals surface area contributed by atoms with Gasteiger partial charge in [0.15, 0.2) is 0 Å². The molecule has 232 valence electrons. The van der Waals surface area contributed by atoms with Gasteiger partial charge in [-0.25, -0.2) is 4.68 Å². The molecule has 0 radical (unpaired) electrons. The van der Waals surface area contributed by atoms with Gasteiger partial charge in [0.25, 0.3) is 5.91 Å². The van der Waals surface area contributed by atoms with Crippen LogP contribution in [0.5, 0.6) is 5.75 Å². The predicted molar refractivity (Wildman–Crippen MR) is 158 cm³/mol. The Morgan fingerprint density at radius 2 is 1.86 bits per heavy atom. The quantitative estimate of drug-likeness (QED) is 0.260. The second-order valence-electron chi connectivity index (χ2n) is 10.2. The number of aromatic nitrogens is 5. The van der Waals surface area contributed by atoms with E-state index in [9.17, 15) is 18.0 Å². The third kappa shape index (κ3) is 7.14. The monoisotopic (exact) mass is 610 g/mol. The van der Waals surface area contributed by atoms with Crippen LogP contribution in [-0.4, -0.2) is 88.8 Å². The average molecular weight is 611 g/mol. The summed E-state index contributed by atoms with van der Waals surface area (Å²) in [6.45, 7) is 9.78. The van der Waals surface area contributed by atoms with Crippen molar-refractivity contribution in [3.05, 3.63) is 71.9 Å². The Kier molecular flexibility index (Phi) is 9.40. The van der Waals surface area contributed by atoms with Gasteiger partial charge >= 0.3 is 6.18 Å². The third-order valence-corrected chi connectivity index (χ3v) is 7.34. The Morgan fingerprint density at radius 3 is 2.59 bits per heavy atom. The zero-order valence-electron chi connectivity index (χ0n) is 24.6. The lowest BCUT2D eigenvalue weighted by atomic mass is 10.1. The minimum absolute atomic E-state index is 0.178.